The van der Waals surface area contributed by atoms with Crippen molar-refractivity contribution in [2.45, 2.75) is 5.92 Å². The number of nitrogens with two attached hydrogens (primary N) is 1. The molecule has 0 aromatic heterocycles. The highest BCUT2D eigenvalue weighted by atomic mass is 79.9. The molecule has 166 valence electrons. The molecule has 2 aromatic carbocycles. The fourth-order valence-electron chi connectivity index (χ4n) is 3.62. The van der Waals surface area contributed by atoms with Gasteiger partial charge in [0.25, 0.3) is 0 Å². The molecular formula is C23H16BrClN4O4. The number of carbonyl (C=O) groups excluding carboxylic acids is 2. The third-order valence-electron chi connectivity index (χ3n) is 4.98. The molecule has 0 fully saturated rings. The van der Waals surface area contributed by atoms with Gasteiger partial charge in [-0.3, -0.25) is 4.90 Å². The van der Waals surface area contributed by atoms with Gasteiger partial charge in [0.2, 0.25) is 0 Å². The minimum atomic E-state index is -1.02. The van der Waals surface area contributed by atoms with E-state index in [4.69, 9.17) is 26.8 Å². The summed E-state index contributed by atoms with van der Waals surface area (Å²) in [7, 11) is 2.28. The summed E-state index contributed by atoms with van der Waals surface area (Å²) < 4.78 is 10.4. The van der Waals surface area contributed by atoms with Crippen molar-refractivity contribution in [2.24, 2.45) is 5.73 Å². The van der Waals surface area contributed by atoms with Crippen LogP contribution in [-0.2, 0) is 19.1 Å². The zero-order chi connectivity index (χ0) is 24.3. The highest BCUT2D eigenvalue weighted by Gasteiger charge is 2.44. The lowest BCUT2D eigenvalue weighted by molar-refractivity contribution is -0.139. The number of esters is 2. The number of nitrogens with zero attached hydrogens (tertiary/aromatic N) is 3. The fraction of sp³-hybridized carbons (Fsp3) is 0.130. The van der Waals surface area contributed by atoms with Gasteiger partial charge in [-0.25, -0.2) is 9.59 Å². The predicted octanol–water partition coefficient (Wildman–Crippen LogP) is 3.87. The van der Waals surface area contributed by atoms with Gasteiger partial charge in [-0.1, -0.05) is 57.9 Å². The Morgan fingerprint density at radius 1 is 1.09 bits per heavy atom. The van der Waals surface area contributed by atoms with E-state index in [0.29, 0.717) is 10.0 Å². The average molecular weight is 528 g/mol. The summed E-state index contributed by atoms with van der Waals surface area (Å²) in [4.78, 5) is 27.2. The van der Waals surface area contributed by atoms with Gasteiger partial charge in [0.1, 0.15) is 17.6 Å². The van der Waals surface area contributed by atoms with Gasteiger partial charge in [-0.2, -0.15) is 10.5 Å². The highest BCUT2D eigenvalue weighted by molar-refractivity contribution is 9.10. The van der Waals surface area contributed by atoms with Crippen LogP contribution in [0.25, 0.3) is 0 Å². The summed E-state index contributed by atoms with van der Waals surface area (Å²) in [5.74, 6) is -3.01. The van der Waals surface area contributed by atoms with Crippen molar-refractivity contribution < 1.29 is 19.1 Å². The van der Waals surface area contributed by atoms with E-state index in [-0.39, 0.29) is 38.9 Å². The van der Waals surface area contributed by atoms with Crippen molar-refractivity contribution in [2.75, 3.05) is 19.1 Å². The van der Waals surface area contributed by atoms with Gasteiger partial charge in [-0.05, 0) is 17.7 Å². The normalized spacial score (nSPS) is 15.6. The topological polar surface area (TPSA) is 129 Å². The van der Waals surface area contributed by atoms with Crippen LogP contribution in [0.4, 0.5) is 5.69 Å². The molecule has 0 saturated heterocycles. The zero-order valence-electron chi connectivity index (χ0n) is 17.4. The maximum atomic E-state index is 13.1. The Hall–Kier alpha value is -3.79. The molecule has 0 bridgehead atoms. The molecule has 0 amide bonds. The van der Waals surface area contributed by atoms with E-state index in [0.717, 1.165) is 19.1 Å². The maximum Gasteiger partial charge on any atom is 0.355 e. The monoisotopic (exact) mass is 526 g/mol. The summed E-state index contributed by atoms with van der Waals surface area (Å²) >= 11 is 9.73. The summed E-state index contributed by atoms with van der Waals surface area (Å²) in [5, 5.41) is 19.8. The lowest BCUT2D eigenvalue weighted by Crippen LogP contribution is -2.41. The Balaban J connectivity index is 2.51. The number of carbonyl (C=O) groups is 2. The summed E-state index contributed by atoms with van der Waals surface area (Å²) in [6.07, 6.45) is 0. The Morgan fingerprint density at radius 3 is 2.27 bits per heavy atom. The molecule has 1 aliphatic heterocycles. The zero-order valence-corrected chi connectivity index (χ0v) is 19.8. The number of hydrogen-bond donors (Lipinski definition) is 1. The van der Waals surface area contributed by atoms with Crippen molar-refractivity contribution in [3.8, 4) is 12.1 Å². The van der Waals surface area contributed by atoms with Crippen molar-refractivity contribution in [3.05, 3.63) is 85.8 Å². The third kappa shape index (κ3) is 4.17. The molecule has 2 aromatic rings. The molecular weight excluding hydrogens is 512 g/mol. The number of halogens is 2. The second-order valence-electron chi connectivity index (χ2n) is 6.73. The number of rotatable bonds is 4. The number of allylic oxidation sites excluding steroid dienone is 1. The lowest BCUT2D eigenvalue weighted by atomic mass is 9.80. The fourth-order valence-corrected chi connectivity index (χ4v) is 4.52. The molecule has 0 saturated carbocycles. The van der Waals surface area contributed by atoms with E-state index in [1.54, 1.807) is 30.3 Å². The van der Waals surface area contributed by atoms with Crippen LogP contribution in [-0.4, -0.2) is 26.2 Å². The van der Waals surface area contributed by atoms with E-state index in [1.165, 1.54) is 12.1 Å². The van der Waals surface area contributed by atoms with Crippen LogP contribution in [0.2, 0.25) is 5.02 Å². The highest BCUT2D eigenvalue weighted by Crippen LogP contribution is 2.46. The Kier molecular flexibility index (Phi) is 7.07. The van der Waals surface area contributed by atoms with Gasteiger partial charge in [-0.15, -0.1) is 0 Å². The van der Waals surface area contributed by atoms with E-state index < -0.39 is 17.9 Å². The van der Waals surface area contributed by atoms with Gasteiger partial charge in [0.15, 0.2) is 0 Å². The predicted molar refractivity (Wildman–Crippen MR) is 123 cm³/mol. The molecule has 1 atom stereocenters. The Morgan fingerprint density at radius 2 is 1.73 bits per heavy atom. The van der Waals surface area contributed by atoms with Crippen LogP contribution in [0, 0.1) is 22.7 Å². The van der Waals surface area contributed by atoms with Crippen molar-refractivity contribution >= 4 is 45.2 Å². The second kappa shape index (κ2) is 9.78. The standard InChI is InChI=1S/C23H16BrClN4O4/c1-32-22(30)18-17(12-6-4-3-5-7-12)15(11-27)21(28)29(20(18)23(31)33-2)19-13(10-26)8-14(24)9-16(19)25/h3-9,17H,28H2,1-2H3. The summed E-state index contributed by atoms with van der Waals surface area (Å²) in [5.41, 5.74) is 6.49. The summed E-state index contributed by atoms with van der Waals surface area (Å²) in [6, 6.07) is 15.6. The maximum absolute atomic E-state index is 13.1. The van der Waals surface area contributed by atoms with E-state index >= 15 is 0 Å². The largest absolute Gasteiger partial charge is 0.466 e. The van der Waals surface area contributed by atoms with Crippen LogP contribution in [0.1, 0.15) is 17.0 Å². The number of ether oxygens (including phenoxy) is 2. The first kappa shape index (κ1) is 23.9. The molecule has 1 heterocycles. The van der Waals surface area contributed by atoms with Crippen molar-refractivity contribution in [1.82, 2.24) is 0 Å². The molecule has 3 rings (SSSR count). The number of hydrogen-bond acceptors (Lipinski definition) is 8. The molecule has 1 unspecified atom stereocenters. The minimum Gasteiger partial charge on any atom is -0.466 e. The average Bonchev–Trinajstić information content (AvgIpc) is 2.82. The second-order valence-corrected chi connectivity index (χ2v) is 8.05. The van der Waals surface area contributed by atoms with E-state index in [9.17, 15) is 20.1 Å². The van der Waals surface area contributed by atoms with E-state index in [2.05, 4.69) is 15.9 Å². The summed E-state index contributed by atoms with van der Waals surface area (Å²) in [6.45, 7) is 0. The van der Waals surface area contributed by atoms with Crippen LogP contribution in [0.5, 0.6) is 0 Å². The number of methoxy groups -OCH3 is 2. The molecule has 0 aliphatic carbocycles. The molecule has 1 aliphatic rings. The number of benzene rings is 2. The van der Waals surface area contributed by atoms with Crippen LogP contribution in [0.3, 0.4) is 0 Å². The van der Waals surface area contributed by atoms with Crippen LogP contribution >= 0.6 is 27.5 Å². The van der Waals surface area contributed by atoms with Gasteiger partial charge in [0, 0.05) is 4.47 Å². The van der Waals surface area contributed by atoms with Crippen molar-refractivity contribution in [3.63, 3.8) is 0 Å². The molecule has 2 N–H and O–H groups in total. The number of nitriles is 2. The molecule has 0 spiro atoms. The van der Waals surface area contributed by atoms with Crippen molar-refractivity contribution in [1.29, 1.82) is 10.5 Å². The molecule has 8 nitrogen and oxygen atoms in total. The van der Waals surface area contributed by atoms with Gasteiger partial charge < -0.3 is 15.2 Å². The van der Waals surface area contributed by atoms with Gasteiger partial charge in [0.05, 0.1) is 53.6 Å². The lowest BCUT2D eigenvalue weighted by Gasteiger charge is -2.36. The first-order valence-corrected chi connectivity index (χ1v) is 10.5. The van der Waals surface area contributed by atoms with Crippen LogP contribution < -0.4 is 10.6 Å². The van der Waals surface area contributed by atoms with Crippen LogP contribution in [0.15, 0.2) is 69.6 Å². The van der Waals surface area contributed by atoms with Gasteiger partial charge >= 0.3 is 11.9 Å². The molecule has 33 heavy (non-hydrogen) atoms. The van der Waals surface area contributed by atoms with E-state index in [1.807, 2.05) is 12.1 Å². The molecule has 0 radical (unpaired) electrons. The first-order chi connectivity index (χ1) is 15.8. The smallest absolute Gasteiger partial charge is 0.355 e. The Labute approximate surface area is 203 Å². The number of anilines is 1. The molecule has 10 heteroatoms. The first-order valence-electron chi connectivity index (χ1n) is 9.35. The minimum absolute atomic E-state index is 0.0148. The SMILES string of the molecule is COC(=O)C1=C(C(=O)OC)N(c2c(Cl)cc(Br)cc2C#N)C(N)=C(C#N)C1c1ccccc1. The quantitative estimate of drug-likeness (QED) is 0.593. The Bertz CT molecular complexity index is 1290. The third-order valence-corrected chi connectivity index (χ3v) is 5.73.